The second-order valence-corrected chi connectivity index (χ2v) is 19.3. The summed E-state index contributed by atoms with van der Waals surface area (Å²) in [6, 6.07) is 2.72. The van der Waals surface area contributed by atoms with Crippen molar-refractivity contribution in [2.75, 3.05) is 0 Å². The van der Waals surface area contributed by atoms with Gasteiger partial charge in [-0.2, -0.15) is 13.2 Å². The molecule has 0 saturated heterocycles. The fourth-order valence-corrected chi connectivity index (χ4v) is 7.32. The van der Waals surface area contributed by atoms with E-state index in [0.29, 0.717) is 11.3 Å². The number of halogens is 4. The Morgan fingerprint density at radius 3 is 2.27 bits per heavy atom. The van der Waals surface area contributed by atoms with Crippen molar-refractivity contribution in [3.05, 3.63) is 75.4 Å². The first kappa shape index (κ1) is 31.9. The van der Waals surface area contributed by atoms with E-state index in [1.807, 2.05) is 13.8 Å². The Hall–Kier alpha value is -2.03. The number of hydrogen-bond donors (Lipinski definition) is 1. The van der Waals surface area contributed by atoms with Crippen molar-refractivity contribution in [3.8, 4) is 0 Å². The zero-order valence-corrected chi connectivity index (χ0v) is 26.8. The minimum absolute atomic E-state index is 0.0000711. The highest BCUT2D eigenvalue weighted by atomic mass is 28.4. The molecule has 0 aliphatic heterocycles. The van der Waals surface area contributed by atoms with Gasteiger partial charge >= 0.3 is 6.18 Å². The van der Waals surface area contributed by atoms with Crippen LogP contribution in [0.2, 0.25) is 18.1 Å². The van der Waals surface area contributed by atoms with Crippen LogP contribution in [0.3, 0.4) is 0 Å². The molecular formula is C33H45F4NO2Si. The van der Waals surface area contributed by atoms with Gasteiger partial charge in [0.25, 0.3) is 0 Å². The quantitative estimate of drug-likeness (QED) is 0.207. The Morgan fingerprint density at radius 1 is 1.10 bits per heavy atom. The SMILES string of the molecule is CC(C)c1nc2c(c(C3C=CCC3)c1[C@H](O)c1ccc(C(F)(F)F)c(F)c1)C(O[Si](C)(C)C(C)(C)C)CC(C)(C)C2. The molecule has 2 unspecified atom stereocenters. The predicted molar refractivity (Wildman–Crippen MR) is 158 cm³/mol. The van der Waals surface area contributed by atoms with Crippen molar-refractivity contribution in [1.82, 2.24) is 4.98 Å². The van der Waals surface area contributed by atoms with Gasteiger partial charge in [0.05, 0.1) is 11.7 Å². The maximum atomic E-state index is 14.7. The number of aliphatic hydroxyl groups is 1. The van der Waals surface area contributed by atoms with E-state index in [2.05, 4.69) is 59.9 Å². The third kappa shape index (κ3) is 6.35. The molecule has 0 radical (unpaired) electrons. The molecule has 1 heterocycles. The number of fused-ring (bicyclic) bond motifs is 1. The summed E-state index contributed by atoms with van der Waals surface area (Å²) in [5.74, 6) is -1.47. The van der Waals surface area contributed by atoms with Crippen molar-refractivity contribution >= 4 is 8.32 Å². The number of hydrogen-bond acceptors (Lipinski definition) is 3. The summed E-state index contributed by atoms with van der Waals surface area (Å²) in [7, 11) is -2.23. The number of nitrogens with zero attached hydrogens (tertiary/aromatic N) is 1. The van der Waals surface area contributed by atoms with Gasteiger partial charge in [-0.25, -0.2) is 4.39 Å². The van der Waals surface area contributed by atoms with Gasteiger partial charge in [0.2, 0.25) is 0 Å². The summed E-state index contributed by atoms with van der Waals surface area (Å²) in [5, 5.41) is 11.9. The Morgan fingerprint density at radius 2 is 1.76 bits per heavy atom. The Labute approximate surface area is 243 Å². The smallest absolute Gasteiger partial charge is 0.410 e. The maximum Gasteiger partial charge on any atom is 0.419 e. The minimum atomic E-state index is -4.81. The van der Waals surface area contributed by atoms with Gasteiger partial charge in [-0.1, -0.05) is 66.7 Å². The molecule has 2 aliphatic rings. The van der Waals surface area contributed by atoms with Crippen LogP contribution in [0.5, 0.6) is 0 Å². The van der Waals surface area contributed by atoms with E-state index >= 15 is 0 Å². The summed E-state index contributed by atoms with van der Waals surface area (Å²) in [6.07, 6.45) is 1.20. The molecule has 226 valence electrons. The Bertz CT molecular complexity index is 1320. The van der Waals surface area contributed by atoms with Crippen molar-refractivity contribution in [1.29, 1.82) is 0 Å². The van der Waals surface area contributed by atoms with Crippen LogP contribution in [0.1, 0.15) is 131 Å². The second-order valence-electron chi connectivity index (χ2n) is 14.5. The van der Waals surface area contributed by atoms with Crippen molar-refractivity contribution in [2.45, 2.75) is 123 Å². The van der Waals surface area contributed by atoms with Gasteiger partial charge in [-0.15, -0.1) is 0 Å². The topological polar surface area (TPSA) is 42.4 Å². The monoisotopic (exact) mass is 591 g/mol. The summed E-state index contributed by atoms with van der Waals surface area (Å²) < 4.78 is 61.8. The predicted octanol–water partition coefficient (Wildman–Crippen LogP) is 9.91. The van der Waals surface area contributed by atoms with E-state index in [1.165, 1.54) is 6.07 Å². The van der Waals surface area contributed by atoms with Crippen molar-refractivity contribution < 1.29 is 27.1 Å². The van der Waals surface area contributed by atoms with Crippen molar-refractivity contribution in [3.63, 3.8) is 0 Å². The molecule has 8 heteroatoms. The number of aliphatic hydroxyl groups excluding tert-OH is 1. The van der Waals surface area contributed by atoms with Crippen LogP contribution in [0, 0.1) is 11.2 Å². The molecule has 1 aromatic carbocycles. The molecule has 0 spiro atoms. The second kappa shape index (κ2) is 10.9. The fraction of sp³-hybridized carbons (Fsp3) is 0.606. The van der Waals surface area contributed by atoms with Gasteiger partial charge in [-0.3, -0.25) is 4.98 Å². The molecular weight excluding hydrogens is 546 g/mol. The van der Waals surface area contributed by atoms with E-state index in [9.17, 15) is 22.7 Å². The van der Waals surface area contributed by atoms with Crippen LogP contribution < -0.4 is 0 Å². The molecule has 1 N–H and O–H groups in total. The summed E-state index contributed by atoms with van der Waals surface area (Å²) in [5.41, 5.74) is 2.91. The van der Waals surface area contributed by atoms with E-state index in [4.69, 9.17) is 9.41 Å². The molecule has 0 amide bonds. The molecule has 0 saturated carbocycles. The molecule has 0 fully saturated rings. The average Bonchev–Trinajstić information content (AvgIpc) is 3.34. The highest BCUT2D eigenvalue weighted by Crippen LogP contribution is 2.52. The third-order valence-corrected chi connectivity index (χ3v) is 13.7. The molecule has 2 aliphatic carbocycles. The number of rotatable bonds is 6. The zero-order valence-electron chi connectivity index (χ0n) is 25.8. The number of allylic oxidation sites excluding steroid dienone is 2. The summed E-state index contributed by atoms with van der Waals surface area (Å²) >= 11 is 0. The first-order valence-electron chi connectivity index (χ1n) is 14.7. The number of benzene rings is 1. The number of aromatic nitrogens is 1. The van der Waals surface area contributed by atoms with Gasteiger partial charge in [-0.05, 0) is 78.4 Å². The lowest BCUT2D eigenvalue weighted by Crippen LogP contribution is -2.44. The largest absolute Gasteiger partial charge is 0.419 e. The first-order valence-corrected chi connectivity index (χ1v) is 17.6. The molecule has 1 aromatic heterocycles. The van der Waals surface area contributed by atoms with Crippen LogP contribution in [0.15, 0.2) is 30.4 Å². The molecule has 41 heavy (non-hydrogen) atoms. The Kier molecular flexibility index (Phi) is 8.49. The van der Waals surface area contributed by atoms with Crippen molar-refractivity contribution in [2.24, 2.45) is 5.41 Å². The van der Waals surface area contributed by atoms with E-state index in [-0.39, 0.29) is 34.0 Å². The van der Waals surface area contributed by atoms with E-state index < -0.39 is 32.0 Å². The van der Waals surface area contributed by atoms with Crippen LogP contribution in [-0.2, 0) is 17.0 Å². The lowest BCUT2D eigenvalue weighted by atomic mass is 9.70. The third-order valence-electron chi connectivity index (χ3n) is 9.19. The highest BCUT2D eigenvalue weighted by Gasteiger charge is 2.45. The fourth-order valence-electron chi connectivity index (χ4n) is 6.06. The van der Waals surface area contributed by atoms with Crippen LogP contribution in [0.4, 0.5) is 17.6 Å². The highest BCUT2D eigenvalue weighted by molar-refractivity contribution is 6.74. The number of pyridine rings is 1. The Balaban J connectivity index is 2.00. The molecule has 3 atom stereocenters. The van der Waals surface area contributed by atoms with Gasteiger partial charge in [0.15, 0.2) is 8.32 Å². The zero-order chi connectivity index (χ0) is 30.7. The molecule has 4 rings (SSSR count). The molecule has 0 bridgehead atoms. The molecule has 2 aromatic rings. The lowest BCUT2D eigenvalue weighted by Gasteiger charge is -2.45. The van der Waals surface area contributed by atoms with Gasteiger partial charge in [0, 0.05) is 28.4 Å². The van der Waals surface area contributed by atoms with Crippen LogP contribution in [0.25, 0.3) is 0 Å². The van der Waals surface area contributed by atoms with Crippen LogP contribution >= 0.6 is 0 Å². The van der Waals surface area contributed by atoms with Crippen LogP contribution in [-0.4, -0.2) is 18.4 Å². The van der Waals surface area contributed by atoms with Gasteiger partial charge < -0.3 is 9.53 Å². The lowest BCUT2D eigenvalue weighted by molar-refractivity contribution is -0.140. The minimum Gasteiger partial charge on any atom is -0.410 e. The normalized spacial score (nSPS) is 21.8. The summed E-state index contributed by atoms with van der Waals surface area (Å²) in [4.78, 5) is 5.19. The summed E-state index contributed by atoms with van der Waals surface area (Å²) in [6.45, 7) is 19.6. The van der Waals surface area contributed by atoms with Gasteiger partial charge in [0.1, 0.15) is 11.9 Å². The first-order chi connectivity index (χ1) is 18.7. The van der Waals surface area contributed by atoms with E-state index in [0.717, 1.165) is 54.6 Å². The maximum absolute atomic E-state index is 14.7. The standard InChI is InChI=1S/C33H45F4NO2Si/c1-19(2)29-28(30(39)21-14-15-22(23(34)16-21)33(35,36)37)26(20-12-10-11-13-20)27-24(38-29)17-32(6,7)18-25(27)40-41(8,9)31(3,4)5/h10,12,14-16,19-20,25,30,39H,11,13,17-18H2,1-9H3/t20?,25?,30-/m1/s1. The molecule has 3 nitrogen and oxygen atoms in total. The van der Waals surface area contributed by atoms with E-state index in [1.54, 1.807) is 0 Å². The average molecular weight is 592 g/mol. The number of alkyl halides is 3.